The summed E-state index contributed by atoms with van der Waals surface area (Å²) in [6.07, 6.45) is 0. The van der Waals surface area contributed by atoms with Gasteiger partial charge in [-0.15, -0.1) is 0 Å². The molecule has 11 aromatic rings. The molecular formula is C54H34. The maximum Gasteiger partial charge on any atom is -0.00262 e. The monoisotopic (exact) mass is 682 g/mol. The number of benzene rings is 11. The Morgan fingerprint density at radius 2 is 0.574 bits per heavy atom. The van der Waals surface area contributed by atoms with Crippen LogP contribution in [0.15, 0.2) is 206 Å². The van der Waals surface area contributed by atoms with E-state index in [2.05, 4.69) is 206 Å². The first-order chi connectivity index (χ1) is 26.8. The number of rotatable bonds is 4. The van der Waals surface area contributed by atoms with Crippen molar-refractivity contribution < 1.29 is 0 Å². The lowest BCUT2D eigenvalue weighted by atomic mass is 9.85. The molecule has 0 saturated heterocycles. The Bertz CT molecular complexity index is 3200. The molecular weight excluding hydrogens is 649 g/mol. The van der Waals surface area contributed by atoms with Gasteiger partial charge in [0, 0.05) is 0 Å². The SMILES string of the molecule is c1ccc(-c2ccc3cc(-c4c5ccccc5c(-c5ccc6cc(-c7cc8ccccc8c8ccccc78)ccc6c5)c5ccccc45)ccc3c2)cc1. The van der Waals surface area contributed by atoms with Crippen LogP contribution in [-0.4, -0.2) is 0 Å². The summed E-state index contributed by atoms with van der Waals surface area (Å²) in [6.45, 7) is 0. The smallest absolute Gasteiger partial charge is 0.00262 e. The van der Waals surface area contributed by atoms with Crippen molar-refractivity contribution in [1.29, 1.82) is 0 Å². The molecule has 0 atom stereocenters. The fraction of sp³-hybridized carbons (Fsp3) is 0. The largest absolute Gasteiger partial charge is 0.0622 e. The topological polar surface area (TPSA) is 0 Å². The lowest BCUT2D eigenvalue weighted by Gasteiger charge is -2.18. The van der Waals surface area contributed by atoms with Crippen molar-refractivity contribution in [2.75, 3.05) is 0 Å². The van der Waals surface area contributed by atoms with E-state index in [0.29, 0.717) is 0 Å². The van der Waals surface area contributed by atoms with Gasteiger partial charge in [-0.3, -0.25) is 0 Å². The summed E-state index contributed by atoms with van der Waals surface area (Å²) in [5, 5.41) is 15.2. The molecule has 11 rings (SSSR count). The quantitative estimate of drug-likeness (QED) is 0.128. The van der Waals surface area contributed by atoms with E-state index < -0.39 is 0 Å². The zero-order valence-corrected chi connectivity index (χ0v) is 29.6. The summed E-state index contributed by atoms with van der Waals surface area (Å²) in [5.41, 5.74) is 10.0. The van der Waals surface area contributed by atoms with E-state index in [4.69, 9.17) is 0 Å². The number of hydrogen-bond acceptors (Lipinski definition) is 0. The van der Waals surface area contributed by atoms with E-state index in [0.717, 1.165) is 0 Å². The molecule has 0 N–H and O–H groups in total. The average molecular weight is 683 g/mol. The molecule has 0 nitrogen and oxygen atoms in total. The van der Waals surface area contributed by atoms with Crippen molar-refractivity contribution in [2.24, 2.45) is 0 Å². The minimum absolute atomic E-state index is 1.23. The van der Waals surface area contributed by atoms with Gasteiger partial charge in [-0.25, -0.2) is 0 Å². The van der Waals surface area contributed by atoms with E-state index in [9.17, 15) is 0 Å². The predicted octanol–water partition coefficient (Wildman–Crippen LogP) is 15.3. The van der Waals surface area contributed by atoms with Crippen molar-refractivity contribution >= 4 is 64.6 Å². The molecule has 0 aliphatic rings. The van der Waals surface area contributed by atoms with Gasteiger partial charge in [0.25, 0.3) is 0 Å². The van der Waals surface area contributed by atoms with Crippen molar-refractivity contribution in [3.63, 3.8) is 0 Å². The molecule has 0 amide bonds. The first-order valence-electron chi connectivity index (χ1n) is 18.7. The highest BCUT2D eigenvalue weighted by atomic mass is 14.2. The Morgan fingerprint density at radius 1 is 0.185 bits per heavy atom. The highest BCUT2D eigenvalue weighted by molar-refractivity contribution is 6.22. The molecule has 54 heavy (non-hydrogen) atoms. The van der Waals surface area contributed by atoms with Gasteiger partial charge < -0.3 is 0 Å². The minimum atomic E-state index is 1.23. The summed E-state index contributed by atoms with van der Waals surface area (Å²) in [7, 11) is 0. The fourth-order valence-electron chi connectivity index (χ4n) is 8.82. The van der Waals surface area contributed by atoms with Gasteiger partial charge in [0.05, 0.1) is 0 Å². The molecule has 0 aliphatic heterocycles. The fourth-order valence-corrected chi connectivity index (χ4v) is 8.82. The van der Waals surface area contributed by atoms with E-state index >= 15 is 0 Å². The molecule has 0 heterocycles. The second-order valence-electron chi connectivity index (χ2n) is 14.5. The molecule has 250 valence electrons. The third-order valence-corrected chi connectivity index (χ3v) is 11.4. The van der Waals surface area contributed by atoms with Gasteiger partial charge in [-0.1, -0.05) is 176 Å². The van der Waals surface area contributed by atoms with Crippen LogP contribution in [0.25, 0.3) is 109 Å². The summed E-state index contributed by atoms with van der Waals surface area (Å²) in [6, 6.07) is 76.1. The average Bonchev–Trinajstić information content (AvgIpc) is 3.25. The Balaban J connectivity index is 1.06. The van der Waals surface area contributed by atoms with Crippen LogP contribution in [0.4, 0.5) is 0 Å². The summed E-state index contributed by atoms with van der Waals surface area (Å²) >= 11 is 0. The highest BCUT2D eigenvalue weighted by Gasteiger charge is 2.17. The maximum atomic E-state index is 2.38. The van der Waals surface area contributed by atoms with Crippen LogP contribution < -0.4 is 0 Å². The summed E-state index contributed by atoms with van der Waals surface area (Å²) in [4.78, 5) is 0. The van der Waals surface area contributed by atoms with Gasteiger partial charge in [0.1, 0.15) is 0 Å². The molecule has 0 saturated carbocycles. The predicted molar refractivity (Wildman–Crippen MR) is 233 cm³/mol. The third kappa shape index (κ3) is 4.92. The van der Waals surface area contributed by atoms with Crippen molar-refractivity contribution in [1.82, 2.24) is 0 Å². The third-order valence-electron chi connectivity index (χ3n) is 11.4. The van der Waals surface area contributed by atoms with Crippen LogP contribution in [0.2, 0.25) is 0 Å². The molecule has 0 aromatic heterocycles. The van der Waals surface area contributed by atoms with Gasteiger partial charge in [-0.2, -0.15) is 0 Å². The van der Waals surface area contributed by atoms with Crippen LogP contribution in [0.5, 0.6) is 0 Å². The minimum Gasteiger partial charge on any atom is -0.0622 e. The Labute approximate surface area is 314 Å². The van der Waals surface area contributed by atoms with E-state index in [1.165, 1.54) is 109 Å². The highest BCUT2D eigenvalue weighted by Crippen LogP contribution is 2.45. The number of fused-ring (bicyclic) bond motifs is 7. The first kappa shape index (κ1) is 30.6. The molecule has 0 fully saturated rings. The van der Waals surface area contributed by atoms with Crippen LogP contribution in [0.1, 0.15) is 0 Å². The zero-order chi connectivity index (χ0) is 35.6. The second-order valence-corrected chi connectivity index (χ2v) is 14.5. The van der Waals surface area contributed by atoms with Gasteiger partial charge >= 0.3 is 0 Å². The standard InChI is InChI=1S/C54H34/c1-2-12-35(13-3-1)36-22-23-39-32-43(28-25-37(39)30-36)53-48-18-8-10-20-50(48)54(51-21-11-9-19-49(51)53)44-29-26-38-31-42(27-24-40(38)33-44)52-34-41-14-4-5-15-45(41)46-16-6-7-17-47(46)52/h1-34H. The van der Waals surface area contributed by atoms with Gasteiger partial charge in [0.15, 0.2) is 0 Å². The first-order valence-corrected chi connectivity index (χ1v) is 18.7. The number of hydrogen-bond donors (Lipinski definition) is 0. The Hall–Kier alpha value is -7.02. The Kier molecular flexibility index (Phi) is 6.97. The molecule has 0 radical (unpaired) electrons. The molecule has 11 aromatic carbocycles. The summed E-state index contributed by atoms with van der Waals surface area (Å²) < 4.78 is 0. The van der Waals surface area contributed by atoms with Crippen LogP contribution in [-0.2, 0) is 0 Å². The van der Waals surface area contributed by atoms with Crippen LogP contribution >= 0.6 is 0 Å². The van der Waals surface area contributed by atoms with E-state index in [1.807, 2.05) is 0 Å². The van der Waals surface area contributed by atoms with Gasteiger partial charge in [-0.05, 0) is 139 Å². The van der Waals surface area contributed by atoms with Crippen LogP contribution in [0, 0.1) is 0 Å². The lowest BCUT2D eigenvalue weighted by molar-refractivity contribution is 1.64. The van der Waals surface area contributed by atoms with E-state index in [-0.39, 0.29) is 0 Å². The maximum absolute atomic E-state index is 2.38. The summed E-state index contributed by atoms with van der Waals surface area (Å²) in [5.74, 6) is 0. The molecule has 0 unspecified atom stereocenters. The molecule has 0 bridgehead atoms. The molecule has 0 aliphatic carbocycles. The second kappa shape index (κ2) is 12.3. The van der Waals surface area contributed by atoms with Crippen LogP contribution in [0.3, 0.4) is 0 Å². The molecule has 0 spiro atoms. The van der Waals surface area contributed by atoms with Crippen molar-refractivity contribution in [3.8, 4) is 44.5 Å². The van der Waals surface area contributed by atoms with Crippen molar-refractivity contribution in [3.05, 3.63) is 206 Å². The normalized spacial score (nSPS) is 11.7. The van der Waals surface area contributed by atoms with Crippen molar-refractivity contribution in [2.45, 2.75) is 0 Å². The lowest BCUT2D eigenvalue weighted by Crippen LogP contribution is -1.91. The van der Waals surface area contributed by atoms with Gasteiger partial charge in [0.2, 0.25) is 0 Å². The molecule has 0 heteroatoms. The zero-order valence-electron chi connectivity index (χ0n) is 29.6. The van der Waals surface area contributed by atoms with E-state index in [1.54, 1.807) is 0 Å². The Morgan fingerprint density at radius 3 is 1.13 bits per heavy atom.